The highest BCUT2D eigenvalue weighted by Crippen LogP contribution is 2.19. The Hall–Kier alpha value is -1.05. The molecule has 2 heteroatoms. The van der Waals surface area contributed by atoms with E-state index in [-0.39, 0.29) is 5.88 Å². The third kappa shape index (κ3) is 2.31. The number of rotatable bonds is 3. The third-order valence-corrected chi connectivity index (χ3v) is 2.87. The molecule has 0 saturated carbocycles. The third-order valence-electron chi connectivity index (χ3n) is 2.51. The molecule has 78 valence electrons. The van der Waals surface area contributed by atoms with Gasteiger partial charge in [0.1, 0.15) is 0 Å². The SMILES string of the molecule is O[C@H](CCl)Cc1cccc2ccccc12. The van der Waals surface area contributed by atoms with E-state index < -0.39 is 6.10 Å². The Labute approximate surface area is 94.3 Å². The summed E-state index contributed by atoms with van der Waals surface area (Å²) < 4.78 is 0. The van der Waals surface area contributed by atoms with Gasteiger partial charge in [-0.2, -0.15) is 0 Å². The predicted octanol–water partition coefficient (Wildman–Crippen LogP) is 2.98. The van der Waals surface area contributed by atoms with Crippen molar-refractivity contribution in [3.63, 3.8) is 0 Å². The maximum absolute atomic E-state index is 9.54. The van der Waals surface area contributed by atoms with Gasteiger partial charge < -0.3 is 5.11 Å². The first-order chi connectivity index (χ1) is 7.31. The van der Waals surface area contributed by atoms with Crippen molar-refractivity contribution in [3.8, 4) is 0 Å². The van der Waals surface area contributed by atoms with Crippen LogP contribution in [0.15, 0.2) is 42.5 Å². The Kier molecular flexibility index (Phi) is 3.24. The Morgan fingerprint density at radius 1 is 1.07 bits per heavy atom. The summed E-state index contributed by atoms with van der Waals surface area (Å²) in [5.74, 6) is 0.281. The molecule has 2 rings (SSSR count). The molecule has 15 heavy (non-hydrogen) atoms. The maximum Gasteiger partial charge on any atom is 0.0716 e. The number of aliphatic hydroxyl groups excluding tert-OH is 1. The van der Waals surface area contributed by atoms with E-state index in [1.54, 1.807) is 0 Å². The molecule has 0 fully saturated rings. The highest BCUT2D eigenvalue weighted by atomic mass is 35.5. The quantitative estimate of drug-likeness (QED) is 0.789. The largest absolute Gasteiger partial charge is 0.392 e. The van der Waals surface area contributed by atoms with E-state index in [1.165, 1.54) is 10.8 Å². The Balaban J connectivity index is 2.42. The molecule has 0 amide bonds. The van der Waals surface area contributed by atoms with Crippen molar-refractivity contribution in [2.24, 2.45) is 0 Å². The minimum absolute atomic E-state index is 0.281. The average molecular weight is 221 g/mol. The van der Waals surface area contributed by atoms with Crippen molar-refractivity contribution in [2.75, 3.05) is 5.88 Å². The van der Waals surface area contributed by atoms with Gasteiger partial charge in [-0.15, -0.1) is 11.6 Å². The smallest absolute Gasteiger partial charge is 0.0716 e. The molecule has 1 N–H and O–H groups in total. The van der Waals surface area contributed by atoms with Crippen LogP contribution in [-0.2, 0) is 6.42 Å². The fraction of sp³-hybridized carbons (Fsp3) is 0.231. The van der Waals surface area contributed by atoms with Crippen LogP contribution in [0.5, 0.6) is 0 Å². The molecule has 1 atom stereocenters. The zero-order valence-corrected chi connectivity index (χ0v) is 9.11. The topological polar surface area (TPSA) is 20.2 Å². The predicted molar refractivity (Wildman–Crippen MR) is 64.4 cm³/mol. The molecular weight excluding hydrogens is 208 g/mol. The number of alkyl halides is 1. The van der Waals surface area contributed by atoms with E-state index in [0.29, 0.717) is 6.42 Å². The normalized spacial score (nSPS) is 12.9. The summed E-state index contributed by atoms with van der Waals surface area (Å²) in [7, 11) is 0. The first-order valence-electron chi connectivity index (χ1n) is 5.02. The lowest BCUT2D eigenvalue weighted by molar-refractivity contribution is 0.199. The van der Waals surface area contributed by atoms with Gasteiger partial charge in [-0.1, -0.05) is 42.5 Å². The van der Waals surface area contributed by atoms with Crippen LogP contribution in [0, 0.1) is 0 Å². The molecule has 0 aliphatic rings. The first kappa shape index (κ1) is 10.5. The number of fused-ring (bicyclic) bond motifs is 1. The molecule has 0 aromatic heterocycles. The maximum atomic E-state index is 9.54. The molecule has 0 aliphatic heterocycles. The lowest BCUT2D eigenvalue weighted by Crippen LogP contribution is -2.11. The number of aliphatic hydroxyl groups is 1. The van der Waals surface area contributed by atoms with Crippen molar-refractivity contribution in [2.45, 2.75) is 12.5 Å². The monoisotopic (exact) mass is 220 g/mol. The zero-order valence-electron chi connectivity index (χ0n) is 8.36. The highest BCUT2D eigenvalue weighted by molar-refractivity contribution is 6.18. The van der Waals surface area contributed by atoms with Crippen LogP contribution in [0.1, 0.15) is 5.56 Å². The Bertz CT molecular complexity index is 448. The minimum atomic E-state index is -0.461. The summed E-state index contributed by atoms with van der Waals surface area (Å²) in [5.41, 5.74) is 1.15. The fourth-order valence-electron chi connectivity index (χ4n) is 1.78. The molecule has 0 unspecified atom stereocenters. The number of hydrogen-bond acceptors (Lipinski definition) is 1. The van der Waals surface area contributed by atoms with Crippen molar-refractivity contribution in [1.29, 1.82) is 0 Å². The molecule has 0 saturated heterocycles. The van der Waals surface area contributed by atoms with Gasteiger partial charge in [0.25, 0.3) is 0 Å². The van der Waals surface area contributed by atoms with E-state index in [0.717, 1.165) is 5.56 Å². The highest BCUT2D eigenvalue weighted by Gasteiger charge is 2.06. The van der Waals surface area contributed by atoms with Gasteiger partial charge in [0.05, 0.1) is 6.10 Å². The van der Waals surface area contributed by atoms with Gasteiger partial charge in [-0.3, -0.25) is 0 Å². The lowest BCUT2D eigenvalue weighted by atomic mass is 10.0. The van der Waals surface area contributed by atoms with Crippen molar-refractivity contribution in [1.82, 2.24) is 0 Å². The van der Waals surface area contributed by atoms with Gasteiger partial charge in [0.15, 0.2) is 0 Å². The van der Waals surface area contributed by atoms with Crippen LogP contribution in [0.25, 0.3) is 10.8 Å². The van der Waals surface area contributed by atoms with Gasteiger partial charge in [-0.05, 0) is 16.3 Å². The molecule has 0 bridgehead atoms. The summed E-state index contributed by atoms with van der Waals surface area (Å²) in [4.78, 5) is 0. The van der Waals surface area contributed by atoms with Crippen molar-refractivity contribution < 1.29 is 5.11 Å². The molecular formula is C13H13ClO. The van der Waals surface area contributed by atoms with Crippen LogP contribution in [-0.4, -0.2) is 17.1 Å². The van der Waals surface area contributed by atoms with E-state index in [4.69, 9.17) is 11.6 Å². The summed E-state index contributed by atoms with van der Waals surface area (Å²) in [5, 5.41) is 11.9. The van der Waals surface area contributed by atoms with E-state index in [1.807, 2.05) is 24.3 Å². The van der Waals surface area contributed by atoms with Crippen LogP contribution < -0.4 is 0 Å². The second-order valence-corrected chi connectivity index (χ2v) is 3.96. The Morgan fingerprint density at radius 2 is 1.80 bits per heavy atom. The average Bonchev–Trinajstić information content (AvgIpc) is 2.29. The summed E-state index contributed by atoms with van der Waals surface area (Å²) in [6.07, 6.45) is 0.155. The molecule has 2 aromatic rings. The zero-order chi connectivity index (χ0) is 10.7. The van der Waals surface area contributed by atoms with Crippen LogP contribution in [0.3, 0.4) is 0 Å². The summed E-state index contributed by atoms with van der Waals surface area (Å²) in [6.45, 7) is 0. The molecule has 0 heterocycles. The van der Waals surface area contributed by atoms with E-state index >= 15 is 0 Å². The second-order valence-electron chi connectivity index (χ2n) is 3.65. The van der Waals surface area contributed by atoms with Crippen molar-refractivity contribution in [3.05, 3.63) is 48.0 Å². The summed E-state index contributed by atoms with van der Waals surface area (Å²) in [6, 6.07) is 14.3. The fourth-order valence-corrected chi connectivity index (χ4v) is 1.89. The van der Waals surface area contributed by atoms with Gasteiger partial charge in [0, 0.05) is 12.3 Å². The van der Waals surface area contributed by atoms with E-state index in [2.05, 4.69) is 18.2 Å². The number of hydrogen-bond donors (Lipinski definition) is 1. The second kappa shape index (κ2) is 4.65. The van der Waals surface area contributed by atoms with Crippen LogP contribution in [0.4, 0.5) is 0 Å². The Morgan fingerprint density at radius 3 is 2.60 bits per heavy atom. The molecule has 0 radical (unpaired) electrons. The van der Waals surface area contributed by atoms with Crippen molar-refractivity contribution >= 4 is 22.4 Å². The van der Waals surface area contributed by atoms with Gasteiger partial charge >= 0.3 is 0 Å². The van der Waals surface area contributed by atoms with Gasteiger partial charge in [0.2, 0.25) is 0 Å². The van der Waals surface area contributed by atoms with Gasteiger partial charge in [-0.25, -0.2) is 0 Å². The minimum Gasteiger partial charge on any atom is -0.392 e. The molecule has 0 spiro atoms. The standard InChI is InChI=1S/C13H13ClO/c14-9-12(15)8-11-6-3-5-10-4-1-2-7-13(10)11/h1-7,12,15H,8-9H2/t12-/m0/s1. The molecule has 0 aliphatic carbocycles. The lowest BCUT2D eigenvalue weighted by Gasteiger charge is -2.09. The van der Waals surface area contributed by atoms with Crippen LogP contribution >= 0.6 is 11.6 Å². The van der Waals surface area contributed by atoms with E-state index in [9.17, 15) is 5.11 Å². The molecule has 1 nitrogen and oxygen atoms in total. The van der Waals surface area contributed by atoms with Crippen LogP contribution in [0.2, 0.25) is 0 Å². The summed E-state index contributed by atoms with van der Waals surface area (Å²) >= 11 is 5.60. The number of halogens is 1. The first-order valence-corrected chi connectivity index (χ1v) is 5.55. The molecule has 2 aromatic carbocycles. The number of benzene rings is 2.